The maximum absolute atomic E-state index is 10.9. The van der Waals surface area contributed by atoms with E-state index in [1.807, 2.05) is 6.92 Å². The van der Waals surface area contributed by atoms with E-state index in [0.717, 1.165) is 24.1 Å². The highest BCUT2D eigenvalue weighted by Crippen LogP contribution is 2.27. The summed E-state index contributed by atoms with van der Waals surface area (Å²) < 4.78 is 0. The highest BCUT2D eigenvalue weighted by molar-refractivity contribution is 5.68. The molecule has 0 radical (unpaired) electrons. The van der Waals surface area contributed by atoms with Crippen LogP contribution in [0.3, 0.4) is 0 Å². The van der Waals surface area contributed by atoms with Crippen molar-refractivity contribution >= 4 is 5.97 Å². The van der Waals surface area contributed by atoms with Crippen molar-refractivity contribution in [3.8, 4) is 11.1 Å². The fourth-order valence-corrected chi connectivity index (χ4v) is 2.82. The van der Waals surface area contributed by atoms with Crippen LogP contribution in [0.4, 0.5) is 0 Å². The normalized spacial score (nSPS) is 12.3. The van der Waals surface area contributed by atoms with E-state index in [4.69, 9.17) is 5.11 Å². The van der Waals surface area contributed by atoms with Gasteiger partial charge in [-0.1, -0.05) is 55.5 Å². The van der Waals surface area contributed by atoms with Crippen molar-refractivity contribution in [1.29, 1.82) is 0 Å². The first kappa shape index (κ1) is 17.2. The Labute approximate surface area is 138 Å². The molecular weight excluding hydrogens is 286 g/mol. The summed E-state index contributed by atoms with van der Waals surface area (Å²) in [7, 11) is 4.13. The number of benzene rings is 2. The summed E-state index contributed by atoms with van der Waals surface area (Å²) in [6, 6.07) is 16.9. The first-order valence-electron chi connectivity index (χ1n) is 8.05. The van der Waals surface area contributed by atoms with Crippen molar-refractivity contribution in [2.45, 2.75) is 32.2 Å². The van der Waals surface area contributed by atoms with Gasteiger partial charge in [-0.15, -0.1) is 0 Å². The van der Waals surface area contributed by atoms with E-state index in [9.17, 15) is 4.79 Å². The van der Waals surface area contributed by atoms with Crippen LogP contribution in [0.15, 0.2) is 48.5 Å². The van der Waals surface area contributed by atoms with Crippen LogP contribution in [0.5, 0.6) is 0 Å². The molecule has 3 heteroatoms. The fraction of sp³-hybridized carbons (Fsp3) is 0.350. The van der Waals surface area contributed by atoms with Gasteiger partial charge >= 0.3 is 5.97 Å². The average molecular weight is 311 g/mol. The predicted molar refractivity (Wildman–Crippen MR) is 94.6 cm³/mol. The zero-order valence-corrected chi connectivity index (χ0v) is 14.1. The zero-order chi connectivity index (χ0) is 16.8. The Balaban J connectivity index is 2.14. The third-order valence-electron chi connectivity index (χ3n) is 4.08. The molecule has 0 aliphatic rings. The van der Waals surface area contributed by atoms with Crippen molar-refractivity contribution < 1.29 is 9.90 Å². The van der Waals surface area contributed by atoms with Crippen LogP contribution in [0.25, 0.3) is 11.1 Å². The van der Waals surface area contributed by atoms with Crippen LogP contribution in [0.1, 0.15) is 36.8 Å². The highest BCUT2D eigenvalue weighted by atomic mass is 16.4. The first-order valence-corrected chi connectivity index (χ1v) is 8.05. The first-order chi connectivity index (χ1) is 11.0. The molecule has 23 heavy (non-hydrogen) atoms. The molecule has 0 heterocycles. The van der Waals surface area contributed by atoms with E-state index in [1.54, 1.807) is 0 Å². The number of carboxylic acid groups (broad SMARTS) is 1. The second-order valence-electron chi connectivity index (χ2n) is 6.26. The molecule has 0 aliphatic carbocycles. The van der Waals surface area contributed by atoms with Crippen LogP contribution in [-0.4, -0.2) is 30.1 Å². The quantitative estimate of drug-likeness (QED) is 0.824. The van der Waals surface area contributed by atoms with Crippen molar-refractivity contribution in [1.82, 2.24) is 4.90 Å². The molecular formula is C20H25NO2. The van der Waals surface area contributed by atoms with E-state index in [0.29, 0.717) is 0 Å². The van der Waals surface area contributed by atoms with Gasteiger partial charge in [0.2, 0.25) is 0 Å². The molecule has 1 N–H and O–H groups in total. The lowest BCUT2D eigenvalue weighted by Gasteiger charge is -2.14. The molecule has 1 atom stereocenters. The molecule has 3 nitrogen and oxygen atoms in total. The third kappa shape index (κ3) is 4.93. The van der Waals surface area contributed by atoms with Gasteiger partial charge in [-0.25, -0.2) is 0 Å². The summed E-state index contributed by atoms with van der Waals surface area (Å²) >= 11 is 0. The number of aliphatic carboxylic acids is 1. The van der Waals surface area contributed by atoms with Gasteiger partial charge in [0.1, 0.15) is 0 Å². The van der Waals surface area contributed by atoms with E-state index >= 15 is 0 Å². The van der Waals surface area contributed by atoms with Crippen molar-refractivity contribution in [3.63, 3.8) is 0 Å². The molecule has 0 amide bonds. The topological polar surface area (TPSA) is 40.5 Å². The van der Waals surface area contributed by atoms with Gasteiger partial charge in [0.05, 0.1) is 6.42 Å². The smallest absolute Gasteiger partial charge is 0.303 e. The Kier molecular flexibility index (Phi) is 5.94. The van der Waals surface area contributed by atoms with E-state index in [2.05, 4.69) is 67.5 Å². The van der Waals surface area contributed by atoms with Gasteiger partial charge in [-0.3, -0.25) is 4.79 Å². The summed E-state index contributed by atoms with van der Waals surface area (Å²) in [5.41, 5.74) is 4.74. The number of nitrogens with zero attached hydrogens (tertiary/aromatic N) is 1. The minimum Gasteiger partial charge on any atom is -0.481 e. The van der Waals surface area contributed by atoms with Crippen molar-refractivity contribution in [3.05, 3.63) is 59.7 Å². The Morgan fingerprint density at radius 2 is 1.52 bits per heavy atom. The maximum Gasteiger partial charge on any atom is 0.303 e. The minimum absolute atomic E-state index is 0.0871. The maximum atomic E-state index is 10.9. The Morgan fingerprint density at radius 1 is 1.00 bits per heavy atom. The molecule has 0 saturated heterocycles. The van der Waals surface area contributed by atoms with Gasteiger partial charge in [0.15, 0.2) is 0 Å². The molecule has 2 aromatic rings. The monoisotopic (exact) mass is 311 g/mol. The van der Waals surface area contributed by atoms with E-state index in [-0.39, 0.29) is 12.3 Å². The lowest BCUT2D eigenvalue weighted by atomic mass is 9.91. The van der Waals surface area contributed by atoms with E-state index < -0.39 is 5.97 Å². The Hall–Kier alpha value is -2.13. The lowest BCUT2D eigenvalue weighted by molar-refractivity contribution is -0.137. The SMILES string of the molecule is CCC(CC(=O)O)c1ccc(-c2ccc(CN(C)C)cc2)cc1. The van der Waals surface area contributed by atoms with Gasteiger partial charge in [0, 0.05) is 6.54 Å². The Bertz CT molecular complexity index is 630. The fourth-order valence-electron chi connectivity index (χ4n) is 2.82. The van der Waals surface area contributed by atoms with Gasteiger partial charge in [-0.2, -0.15) is 0 Å². The summed E-state index contributed by atoms with van der Waals surface area (Å²) in [5.74, 6) is -0.651. The number of hydrogen-bond donors (Lipinski definition) is 1. The standard InChI is InChI=1S/C20H25NO2/c1-4-16(13-20(22)23)17-9-11-19(12-10-17)18-7-5-15(6-8-18)14-21(2)3/h5-12,16H,4,13-14H2,1-3H3,(H,22,23). The molecule has 0 fully saturated rings. The van der Waals surface area contributed by atoms with Gasteiger partial charge in [-0.05, 0) is 48.7 Å². The molecule has 0 aliphatic heterocycles. The number of carboxylic acids is 1. The molecule has 122 valence electrons. The number of hydrogen-bond acceptors (Lipinski definition) is 2. The van der Waals surface area contributed by atoms with Crippen LogP contribution in [-0.2, 0) is 11.3 Å². The number of carbonyl (C=O) groups is 1. The van der Waals surface area contributed by atoms with Crippen molar-refractivity contribution in [2.24, 2.45) is 0 Å². The van der Waals surface area contributed by atoms with Crippen LogP contribution < -0.4 is 0 Å². The molecule has 2 aromatic carbocycles. The molecule has 0 aromatic heterocycles. The van der Waals surface area contributed by atoms with E-state index in [1.165, 1.54) is 11.1 Å². The molecule has 0 bridgehead atoms. The summed E-state index contributed by atoms with van der Waals surface area (Å²) in [5, 5.41) is 8.99. The second kappa shape index (κ2) is 7.93. The van der Waals surface area contributed by atoms with Gasteiger partial charge < -0.3 is 10.0 Å². The zero-order valence-electron chi connectivity index (χ0n) is 14.1. The molecule has 0 saturated carbocycles. The summed E-state index contributed by atoms with van der Waals surface area (Å²) in [6.45, 7) is 2.97. The summed E-state index contributed by atoms with van der Waals surface area (Å²) in [4.78, 5) is 13.1. The molecule has 1 unspecified atom stereocenters. The second-order valence-corrected chi connectivity index (χ2v) is 6.26. The predicted octanol–water partition coefficient (Wildman–Crippen LogP) is 4.38. The van der Waals surface area contributed by atoms with Crippen molar-refractivity contribution in [2.75, 3.05) is 14.1 Å². The third-order valence-corrected chi connectivity index (χ3v) is 4.08. The summed E-state index contributed by atoms with van der Waals surface area (Å²) in [6.07, 6.45) is 1.03. The Morgan fingerprint density at radius 3 is 1.96 bits per heavy atom. The van der Waals surface area contributed by atoms with Gasteiger partial charge in [0.25, 0.3) is 0 Å². The molecule has 0 spiro atoms. The minimum atomic E-state index is -0.739. The highest BCUT2D eigenvalue weighted by Gasteiger charge is 2.13. The average Bonchev–Trinajstić information content (AvgIpc) is 2.53. The number of rotatable bonds is 7. The largest absolute Gasteiger partial charge is 0.481 e. The van der Waals surface area contributed by atoms with Crippen LogP contribution in [0, 0.1) is 0 Å². The lowest BCUT2D eigenvalue weighted by Crippen LogP contribution is -2.10. The van der Waals surface area contributed by atoms with Crippen LogP contribution in [0.2, 0.25) is 0 Å². The van der Waals surface area contributed by atoms with Crippen LogP contribution >= 0.6 is 0 Å². The molecule has 2 rings (SSSR count).